The second-order valence-corrected chi connectivity index (χ2v) is 3.51. The summed E-state index contributed by atoms with van der Waals surface area (Å²) in [5.74, 6) is 0.208. The smallest absolute Gasteiger partial charge is 0.224 e. The van der Waals surface area contributed by atoms with Gasteiger partial charge in [0.25, 0.3) is 0 Å². The van der Waals surface area contributed by atoms with Gasteiger partial charge in [0.15, 0.2) is 12.0 Å². The van der Waals surface area contributed by atoms with Crippen LogP contribution in [0.5, 0.6) is 5.75 Å². The van der Waals surface area contributed by atoms with Crippen LogP contribution < -0.4 is 10.2 Å². The van der Waals surface area contributed by atoms with Gasteiger partial charge in [0.1, 0.15) is 6.61 Å². The van der Waals surface area contributed by atoms with Gasteiger partial charge in [0.05, 0.1) is 5.69 Å². The molecule has 1 aromatic carbocycles. The van der Waals surface area contributed by atoms with Gasteiger partial charge in [0, 0.05) is 12.3 Å². The third-order valence-corrected chi connectivity index (χ3v) is 2.26. The van der Waals surface area contributed by atoms with Gasteiger partial charge >= 0.3 is 0 Å². The SMILES string of the molecule is O=Cc1cc(=O)c(OCc2ccccc2)c[nH]1. The molecule has 86 valence electrons. The van der Waals surface area contributed by atoms with E-state index in [1.165, 1.54) is 12.3 Å². The number of aldehydes is 1. The normalized spacial score (nSPS) is 9.88. The maximum absolute atomic E-state index is 11.5. The Bertz CT molecular complexity index is 560. The van der Waals surface area contributed by atoms with E-state index in [0.29, 0.717) is 12.9 Å². The van der Waals surface area contributed by atoms with Crippen molar-refractivity contribution in [3.8, 4) is 5.75 Å². The third kappa shape index (κ3) is 2.81. The molecular weight excluding hydrogens is 218 g/mol. The Hall–Kier alpha value is -2.36. The highest BCUT2D eigenvalue weighted by Gasteiger charge is 2.02. The molecule has 0 saturated heterocycles. The van der Waals surface area contributed by atoms with E-state index >= 15 is 0 Å². The topological polar surface area (TPSA) is 59.2 Å². The van der Waals surface area contributed by atoms with Crippen LogP contribution in [0.2, 0.25) is 0 Å². The summed E-state index contributed by atoms with van der Waals surface area (Å²) >= 11 is 0. The third-order valence-electron chi connectivity index (χ3n) is 2.26. The van der Waals surface area contributed by atoms with Crippen molar-refractivity contribution in [2.24, 2.45) is 0 Å². The minimum Gasteiger partial charge on any atom is -0.483 e. The van der Waals surface area contributed by atoms with Crippen molar-refractivity contribution in [3.63, 3.8) is 0 Å². The van der Waals surface area contributed by atoms with Crippen LogP contribution in [-0.4, -0.2) is 11.3 Å². The summed E-state index contributed by atoms with van der Waals surface area (Å²) in [5.41, 5.74) is 0.912. The number of rotatable bonds is 4. The van der Waals surface area contributed by atoms with Crippen LogP contribution in [0.1, 0.15) is 16.1 Å². The number of benzene rings is 1. The molecule has 0 unspecified atom stereocenters. The van der Waals surface area contributed by atoms with E-state index in [-0.39, 0.29) is 16.9 Å². The van der Waals surface area contributed by atoms with Gasteiger partial charge < -0.3 is 9.72 Å². The fraction of sp³-hybridized carbons (Fsp3) is 0.0769. The van der Waals surface area contributed by atoms with Crippen molar-refractivity contribution in [2.45, 2.75) is 6.61 Å². The number of nitrogens with one attached hydrogen (secondary N) is 1. The fourth-order valence-electron chi connectivity index (χ4n) is 1.39. The number of aromatic nitrogens is 1. The monoisotopic (exact) mass is 229 g/mol. The average molecular weight is 229 g/mol. The molecule has 0 radical (unpaired) electrons. The molecule has 0 aliphatic carbocycles. The Morgan fingerprint density at radius 3 is 2.65 bits per heavy atom. The minimum absolute atomic E-state index is 0.208. The summed E-state index contributed by atoms with van der Waals surface area (Å²) in [5, 5.41) is 0. The number of pyridine rings is 1. The first-order valence-electron chi connectivity index (χ1n) is 5.14. The van der Waals surface area contributed by atoms with E-state index < -0.39 is 0 Å². The highest BCUT2D eigenvalue weighted by Crippen LogP contribution is 2.06. The lowest BCUT2D eigenvalue weighted by Gasteiger charge is -2.05. The maximum atomic E-state index is 11.5. The molecule has 1 aromatic heterocycles. The van der Waals surface area contributed by atoms with E-state index in [9.17, 15) is 9.59 Å². The van der Waals surface area contributed by atoms with E-state index in [4.69, 9.17) is 4.74 Å². The van der Waals surface area contributed by atoms with Crippen molar-refractivity contribution < 1.29 is 9.53 Å². The Morgan fingerprint density at radius 1 is 1.24 bits per heavy atom. The van der Waals surface area contributed by atoms with Crippen molar-refractivity contribution in [2.75, 3.05) is 0 Å². The quantitative estimate of drug-likeness (QED) is 0.813. The van der Waals surface area contributed by atoms with Gasteiger partial charge in [-0.1, -0.05) is 30.3 Å². The molecule has 4 nitrogen and oxygen atoms in total. The van der Waals surface area contributed by atoms with Crippen LogP contribution in [0.3, 0.4) is 0 Å². The van der Waals surface area contributed by atoms with Gasteiger partial charge in [-0.2, -0.15) is 0 Å². The maximum Gasteiger partial charge on any atom is 0.224 e. The molecule has 0 spiro atoms. The number of carbonyl (C=O) groups is 1. The van der Waals surface area contributed by atoms with Crippen LogP contribution in [-0.2, 0) is 6.61 Å². The van der Waals surface area contributed by atoms with Gasteiger partial charge in [-0.05, 0) is 5.56 Å². The zero-order valence-electron chi connectivity index (χ0n) is 9.05. The predicted octanol–water partition coefficient (Wildman–Crippen LogP) is 1.77. The molecule has 1 heterocycles. The van der Waals surface area contributed by atoms with Crippen molar-refractivity contribution >= 4 is 6.29 Å². The zero-order valence-corrected chi connectivity index (χ0v) is 9.05. The summed E-state index contributed by atoms with van der Waals surface area (Å²) < 4.78 is 5.36. The van der Waals surface area contributed by atoms with Crippen LogP contribution in [0, 0.1) is 0 Å². The predicted molar refractivity (Wildman–Crippen MR) is 63.2 cm³/mol. The number of aromatic amines is 1. The van der Waals surface area contributed by atoms with Crippen molar-refractivity contribution in [1.29, 1.82) is 0 Å². The van der Waals surface area contributed by atoms with Gasteiger partial charge in [-0.3, -0.25) is 9.59 Å². The minimum atomic E-state index is -0.304. The molecule has 0 amide bonds. The molecule has 0 saturated carbocycles. The average Bonchev–Trinajstić information content (AvgIpc) is 2.38. The van der Waals surface area contributed by atoms with Gasteiger partial charge in [0.2, 0.25) is 5.43 Å². The number of hydrogen-bond donors (Lipinski definition) is 1. The Balaban J connectivity index is 2.10. The highest BCUT2D eigenvalue weighted by atomic mass is 16.5. The summed E-state index contributed by atoms with van der Waals surface area (Å²) in [4.78, 5) is 24.6. The molecule has 4 heteroatoms. The molecule has 0 atom stereocenters. The van der Waals surface area contributed by atoms with Crippen LogP contribution in [0.4, 0.5) is 0 Å². The molecule has 1 N–H and O–H groups in total. The lowest BCUT2D eigenvalue weighted by Crippen LogP contribution is -2.09. The molecule has 2 rings (SSSR count). The summed E-state index contributed by atoms with van der Waals surface area (Å²) in [6.07, 6.45) is 1.98. The second kappa shape index (κ2) is 5.12. The molecule has 0 aliphatic heterocycles. The highest BCUT2D eigenvalue weighted by molar-refractivity contribution is 5.71. The summed E-state index contributed by atoms with van der Waals surface area (Å²) in [6.45, 7) is 0.324. The number of H-pyrrole nitrogens is 1. The van der Waals surface area contributed by atoms with E-state index in [1.54, 1.807) is 0 Å². The number of hydrogen-bond acceptors (Lipinski definition) is 3. The Morgan fingerprint density at radius 2 is 2.00 bits per heavy atom. The van der Waals surface area contributed by atoms with Crippen molar-refractivity contribution in [3.05, 3.63) is 64.1 Å². The fourth-order valence-corrected chi connectivity index (χ4v) is 1.39. The first kappa shape index (κ1) is 11.1. The lowest BCUT2D eigenvalue weighted by atomic mass is 10.2. The second-order valence-electron chi connectivity index (χ2n) is 3.51. The standard InChI is InChI=1S/C13H11NO3/c15-8-11-6-12(16)13(7-14-11)17-9-10-4-2-1-3-5-10/h1-8H,9H2,(H,14,16). The molecule has 0 fully saturated rings. The number of carbonyl (C=O) groups excluding carboxylic acids is 1. The molecular formula is C13H11NO3. The molecule has 17 heavy (non-hydrogen) atoms. The number of ether oxygens (including phenoxy) is 1. The van der Waals surface area contributed by atoms with Crippen LogP contribution in [0.15, 0.2) is 47.4 Å². The largest absolute Gasteiger partial charge is 0.483 e. The summed E-state index contributed by atoms with van der Waals surface area (Å²) in [7, 11) is 0. The zero-order chi connectivity index (χ0) is 12.1. The van der Waals surface area contributed by atoms with E-state index in [2.05, 4.69) is 4.98 Å². The summed E-state index contributed by atoms with van der Waals surface area (Å²) in [6, 6.07) is 10.8. The van der Waals surface area contributed by atoms with Crippen LogP contribution >= 0.6 is 0 Å². The van der Waals surface area contributed by atoms with Crippen LogP contribution in [0.25, 0.3) is 0 Å². The Kier molecular flexibility index (Phi) is 3.35. The molecule has 0 bridgehead atoms. The van der Waals surface area contributed by atoms with E-state index in [1.807, 2.05) is 30.3 Å². The van der Waals surface area contributed by atoms with E-state index in [0.717, 1.165) is 5.56 Å². The first-order valence-corrected chi connectivity index (χ1v) is 5.14. The first-order chi connectivity index (χ1) is 8.29. The lowest BCUT2D eigenvalue weighted by molar-refractivity contribution is 0.111. The van der Waals surface area contributed by atoms with Crippen molar-refractivity contribution in [1.82, 2.24) is 4.98 Å². The Labute approximate surface area is 97.9 Å². The van der Waals surface area contributed by atoms with Gasteiger partial charge in [-0.25, -0.2) is 0 Å². The molecule has 2 aromatic rings. The molecule has 0 aliphatic rings. The van der Waals surface area contributed by atoms with Gasteiger partial charge in [-0.15, -0.1) is 0 Å².